The maximum Gasteiger partial charge on any atom is 0.199 e. The van der Waals surface area contributed by atoms with Crippen molar-refractivity contribution in [2.24, 2.45) is 0 Å². The van der Waals surface area contributed by atoms with E-state index in [2.05, 4.69) is 28.2 Å². The first kappa shape index (κ1) is 10.7. The van der Waals surface area contributed by atoms with E-state index in [1.165, 1.54) is 30.4 Å². The van der Waals surface area contributed by atoms with Crippen LogP contribution in [0, 0.1) is 0 Å². The van der Waals surface area contributed by atoms with Gasteiger partial charge in [0, 0.05) is 5.56 Å². The summed E-state index contributed by atoms with van der Waals surface area (Å²) < 4.78 is 0. The number of anilines is 1. The van der Waals surface area contributed by atoms with Gasteiger partial charge in [0.05, 0.1) is 0 Å². The highest BCUT2D eigenvalue weighted by Gasteiger charge is 2.13. The van der Waals surface area contributed by atoms with E-state index < -0.39 is 0 Å². The lowest BCUT2D eigenvalue weighted by atomic mass is 9.90. The van der Waals surface area contributed by atoms with Gasteiger partial charge in [-0.1, -0.05) is 23.7 Å². The van der Waals surface area contributed by atoms with E-state index in [-0.39, 0.29) is 0 Å². The van der Waals surface area contributed by atoms with E-state index in [1.807, 2.05) is 0 Å². The minimum Gasteiger partial charge on any atom is -0.369 e. The second-order valence-electron chi connectivity index (χ2n) is 4.48. The van der Waals surface area contributed by atoms with Crippen molar-refractivity contribution in [3.63, 3.8) is 0 Å². The van der Waals surface area contributed by atoms with Gasteiger partial charge in [-0.3, -0.25) is 0 Å². The molecular formula is C13H14ClN3. The fraction of sp³-hybridized carbons (Fsp3) is 0.308. The van der Waals surface area contributed by atoms with E-state index >= 15 is 0 Å². The van der Waals surface area contributed by atoms with Crippen LogP contribution in [-0.4, -0.2) is 9.97 Å². The number of hydrogen-bond donors (Lipinski definition) is 2. The summed E-state index contributed by atoms with van der Waals surface area (Å²) in [4.78, 5) is 7.04. The number of imidazole rings is 1. The Hall–Kier alpha value is -1.48. The molecule has 3 nitrogen and oxygen atoms in total. The first-order valence-electron chi connectivity index (χ1n) is 5.87. The normalized spacial score (nSPS) is 14.6. The molecule has 17 heavy (non-hydrogen) atoms. The molecule has 3 rings (SSSR count). The molecule has 88 valence electrons. The molecule has 4 heteroatoms. The predicted octanol–water partition coefficient (Wildman–Crippen LogP) is 3.19. The van der Waals surface area contributed by atoms with Crippen molar-refractivity contribution in [2.75, 3.05) is 5.73 Å². The van der Waals surface area contributed by atoms with E-state index in [9.17, 15) is 0 Å². The van der Waals surface area contributed by atoms with Crippen LogP contribution in [0.25, 0.3) is 11.3 Å². The number of nitrogen functional groups attached to an aromatic ring is 1. The number of H-pyrrole nitrogens is 1. The molecular weight excluding hydrogens is 234 g/mol. The Labute approximate surface area is 105 Å². The van der Waals surface area contributed by atoms with Gasteiger partial charge >= 0.3 is 0 Å². The fourth-order valence-electron chi connectivity index (χ4n) is 2.44. The smallest absolute Gasteiger partial charge is 0.199 e. The number of nitrogens with two attached hydrogens (primary N) is 1. The highest BCUT2D eigenvalue weighted by Crippen LogP contribution is 2.30. The maximum absolute atomic E-state index is 6.06. The van der Waals surface area contributed by atoms with Gasteiger partial charge in [0.2, 0.25) is 0 Å². The summed E-state index contributed by atoms with van der Waals surface area (Å²) in [6.45, 7) is 0. The molecule has 0 spiro atoms. The van der Waals surface area contributed by atoms with Gasteiger partial charge in [0.15, 0.2) is 5.95 Å². The largest absolute Gasteiger partial charge is 0.369 e. The lowest BCUT2D eigenvalue weighted by Crippen LogP contribution is -2.02. The van der Waals surface area contributed by atoms with Crippen LogP contribution in [0.15, 0.2) is 18.2 Å². The zero-order chi connectivity index (χ0) is 11.8. The molecule has 0 aliphatic heterocycles. The van der Waals surface area contributed by atoms with Gasteiger partial charge in [0.1, 0.15) is 10.8 Å². The minimum absolute atomic E-state index is 0.364. The molecule has 0 radical (unpaired) electrons. The van der Waals surface area contributed by atoms with Crippen LogP contribution in [0.5, 0.6) is 0 Å². The Balaban J connectivity index is 2.06. The van der Waals surface area contributed by atoms with E-state index in [0.717, 1.165) is 17.7 Å². The lowest BCUT2D eigenvalue weighted by molar-refractivity contribution is 0.686. The quantitative estimate of drug-likeness (QED) is 0.813. The van der Waals surface area contributed by atoms with Crippen LogP contribution < -0.4 is 5.73 Å². The van der Waals surface area contributed by atoms with Crippen molar-refractivity contribution < 1.29 is 0 Å². The van der Waals surface area contributed by atoms with Crippen molar-refractivity contribution in [3.05, 3.63) is 34.5 Å². The van der Waals surface area contributed by atoms with Gasteiger partial charge < -0.3 is 10.7 Å². The van der Waals surface area contributed by atoms with Crippen LogP contribution in [0.3, 0.4) is 0 Å². The number of aryl methyl sites for hydroxylation is 2. The number of aromatic amines is 1. The summed E-state index contributed by atoms with van der Waals surface area (Å²) in [6.07, 6.45) is 4.90. The van der Waals surface area contributed by atoms with Crippen molar-refractivity contribution >= 4 is 17.5 Å². The number of nitrogens with zero attached hydrogens (tertiary/aromatic N) is 1. The number of aromatic nitrogens is 2. The third-order valence-electron chi connectivity index (χ3n) is 3.30. The number of rotatable bonds is 1. The number of nitrogens with one attached hydrogen (secondary N) is 1. The molecule has 0 saturated carbocycles. The Bertz CT molecular complexity index is 560. The summed E-state index contributed by atoms with van der Waals surface area (Å²) in [5.74, 6) is 0.364. The second kappa shape index (κ2) is 4.08. The number of hydrogen-bond acceptors (Lipinski definition) is 2. The molecule has 1 aliphatic rings. The van der Waals surface area contributed by atoms with Crippen LogP contribution in [0.2, 0.25) is 5.15 Å². The van der Waals surface area contributed by atoms with Crippen LogP contribution in [0.4, 0.5) is 5.95 Å². The standard InChI is InChI=1S/C13H14ClN3/c14-12-11(16-13(15)17-12)10-6-5-8-3-1-2-4-9(8)7-10/h5-7H,1-4H2,(H3,15,16,17). The number of benzene rings is 1. The molecule has 3 N–H and O–H groups in total. The average molecular weight is 248 g/mol. The summed E-state index contributed by atoms with van der Waals surface area (Å²) in [5.41, 5.74) is 10.3. The highest BCUT2D eigenvalue weighted by atomic mass is 35.5. The van der Waals surface area contributed by atoms with E-state index in [4.69, 9.17) is 17.3 Å². The Morgan fingerprint density at radius 2 is 1.94 bits per heavy atom. The zero-order valence-electron chi connectivity index (χ0n) is 9.46. The maximum atomic E-state index is 6.06. The topological polar surface area (TPSA) is 54.7 Å². The van der Waals surface area contributed by atoms with Gasteiger partial charge in [-0.25, -0.2) is 4.98 Å². The zero-order valence-corrected chi connectivity index (χ0v) is 10.2. The Kier molecular flexibility index (Phi) is 2.56. The molecule has 0 bridgehead atoms. The van der Waals surface area contributed by atoms with Crippen LogP contribution >= 0.6 is 11.6 Å². The lowest BCUT2D eigenvalue weighted by Gasteiger charge is -2.16. The summed E-state index contributed by atoms with van der Waals surface area (Å²) in [5, 5.41) is 0.512. The molecule has 0 atom stereocenters. The van der Waals surface area contributed by atoms with Crippen molar-refractivity contribution in [2.45, 2.75) is 25.7 Å². The predicted molar refractivity (Wildman–Crippen MR) is 70.1 cm³/mol. The molecule has 0 fully saturated rings. The van der Waals surface area contributed by atoms with Crippen molar-refractivity contribution in [1.29, 1.82) is 0 Å². The average Bonchev–Trinajstić information content (AvgIpc) is 2.68. The van der Waals surface area contributed by atoms with Gasteiger partial charge in [-0.05, 0) is 42.9 Å². The van der Waals surface area contributed by atoms with E-state index in [0.29, 0.717) is 11.1 Å². The molecule has 1 aromatic heterocycles. The third kappa shape index (κ3) is 1.91. The second-order valence-corrected chi connectivity index (χ2v) is 4.85. The first-order chi connectivity index (χ1) is 8.24. The molecule has 0 saturated heterocycles. The summed E-state index contributed by atoms with van der Waals surface area (Å²) in [6, 6.07) is 6.45. The Morgan fingerprint density at radius 1 is 1.18 bits per heavy atom. The Morgan fingerprint density at radius 3 is 2.65 bits per heavy atom. The van der Waals surface area contributed by atoms with E-state index in [1.54, 1.807) is 0 Å². The minimum atomic E-state index is 0.364. The van der Waals surface area contributed by atoms with Crippen molar-refractivity contribution in [1.82, 2.24) is 9.97 Å². The summed E-state index contributed by atoms with van der Waals surface area (Å²) >= 11 is 6.06. The fourth-order valence-corrected chi connectivity index (χ4v) is 2.69. The summed E-state index contributed by atoms with van der Waals surface area (Å²) in [7, 11) is 0. The van der Waals surface area contributed by atoms with Gasteiger partial charge in [0.25, 0.3) is 0 Å². The molecule has 2 aromatic rings. The SMILES string of the molecule is Nc1nc(-c2ccc3c(c2)CCCC3)c(Cl)[nH]1. The highest BCUT2D eigenvalue weighted by molar-refractivity contribution is 6.32. The number of halogens is 1. The monoisotopic (exact) mass is 247 g/mol. The van der Waals surface area contributed by atoms with Gasteiger partial charge in [-0.15, -0.1) is 0 Å². The third-order valence-corrected chi connectivity index (χ3v) is 3.57. The van der Waals surface area contributed by atoms with Crippen LogP contribution in [-0.2, 0) is 12.8 Å². The molecule has 0 amide bonds. The van der Waals surface area contributed by atoms with Crippen LogP contribution in [0.1, 0.15) is 24.0 Å². The molecule has 1 heterocycles. The first-order valence-corrected chi connectivity index (χ1v) is 6.25. The van der Waals surface area contributed by atoms with Crippen molar-refractivity contribution in [3.8, 4) is 11.3 Å². The molecule has 0 unspecified atom stereocenters. The molecule has 1 aromatic carbocycles. The molecule has 1 aliphatic carbocycles. The number of fused-ring (bicyclic) bond motifs is 1. The van der Waals surface area contributed by atoms with Gasteiger partial charge in [-0.2, -0.15) is 0 Å².